The zero-order valence-electron chi connectivity index (χ0n) is 11.2. The first kappa shape index (κ1) is 13.9. The van der Waals surface area contributed by atoms with Crippen LogP contribution < -0.4 is 4.74 Å². The molecule has 102 valence electrons. The molecule has 0 unspecified atom stereocenters. The first-order valence-electron chi connectivity index (χ1n) is 6.31. The standard InChI is InChI=1S/C17H16O3/c1-3-11-19-16-14-8-6-5-7-13(14)9-10-15(16)17(18)20-12-4-2/h3-10H,1-2,11-12H2. The lowest BCUT2D eigenvalue weighted by Gasteiger charge is -2.12. The summed E-state index contributed by atoms with van der Waals surface area (Å²) in [6.45, 7) is 7.65. The lowest BCUT2D eigenvalue weighted by Crippen LogP contribution is -2.08. The molecule has 0 spiro atoms. The largest absolute Gasteiger partial charge is 0.488 e. The van der Waals surface area contributed by atoms with Crippen molar-refractivity contribution in [3.05, 3.63) is 67.3 Å². The minimum Gasteiger partial charge on any atom is -0.488 e. The highest BCUT2D eigenvalue weighted by Crippen LogP contribution is 2.30. The van der Waals surface area contributed by atoms with Gasteiger partial charge in [-0.25, -0.2) is 4.79 Å². The third-order valence-electron chi connectivity index (χ3n) is 2.78. The van der Waals surface area contributed by atoms with Crippen molar-refractivity contribution in [2.75, 3.05) is 13.2 Å². The van der Waals surface area contributed by atoms with Gasteiger partial charge in [-0.3, -0.25) is 0 Å². The number of ether oxygens (including phenoxy) is 2. The van der Waals surface area contributed by atoms with Crippen LogP contribution in [0.2, 0.25) is 0 Å². The second kappa shape index (κ2) is 6.57. The third-order valence-corrected chi connectivity index (χ3v) is 2.78. The first-order chi connectivity index (χ1) is 9.77. The van der Waals surface area contributed by atoms with Gasteiger partial charge in [0.1, 0.15) is 24.5 Å². The monoisotopic (exact) mass is 268 g/mol. The van der Waals surface area contributed by atoms with Crippen molar-refractivity contribution in [3.8, 4) is 5.75 Å². The van der Waals surface area contributed by atoms with Crippen molar-refractivity contribution in [2.24, 2.45) is 0 Å². The van der Waals surface area contributed by atoms with Crippen LogP contribution in [0.15, 0.2) is 61.7 Å². The van der Waals surface area contributed by atoms with E-state index in [2.05, 4.69) is 13.2 Å². The van der Waals surface area contributed by atoms with Crippen LogP contribution in [0.4, 0.5) is 0 Å². The number of hydrogen-bond donors (Lipinski definition) is 0. The van der Waals surface area contributed by atoms with Crippen molar-refractivity contribution in [1.29, 1.82) is 0 Å². The molecular weight excluding hydrogens is 252 g/mol. The van der Waals surface area contributed by atoms with Gasteiger partial charge in [-0.1, -0.05) is 55.6 Å². The summed E-state index contributed by atoms with van der Waals surface area (Å²) in [6.07, 6.45) is 3.17. The summed E-state index contributed by atoms with van der Waals surface area (Å²) in [4.78, 5) is 12.1. The topological polar surface area (TPSA) is 35.5 Å². The summed E-state index contributed by atoms with van der Waals surface area (Å²) in [5.41, 5.74) is 0.410. The molecule has 0 aliphatic heterocycles. The lowest BCUT2D eigenvalue weighted by atomic mass is 10.1. The van der Waals surface area contributed by atoms with Gasteiger partial charge in [0.2, 0.25) is 0 Å². The second-order valence-electron chi connectivity index (χ2n) is 4.15. The highest BCUT2D eigenvalue weighted by atomic mass is 16.5. The van der Waals surface area contributed by atoms with Gasteiger partial charge in [0.25, 0.3) is 0 Å². The van der Waals surface area contributed by atoms with Gasteiger partial charge in [0.15, 0.2) is 0 Å². The Bertz CT molecular complexity index is 644. The maximum absolute atomic E-state index is 12.1. The zero-order valence-corrected chi connectivity index (χ0v) is 11.2. The summed E-state index contributed by atoms with van der Waals surface area (Å²) >= 11 is 0. The molecule has 0 aromatic heterocycles. The SMILES string of the molecule is C=CCOC(=O)c1ccc2ccccc2c1OCC=C. The average molecular weight is 268 g/mol. The Kier molecular flexibility index (Phi) is 4.56. The molecule has 0 radical (unpaired) electrons. The molecule has 2 rings (SSSR count). The van der Waals surface area contributed by atoms with Gasteiger partial charge in [0, 0.05) is 5.39 Å². The predicted molar refractivity (Wildman–Crippen MR) is 80.1 cm³/mol. The molecule has 0 aliphatic carbocycles. The van der Waals surface area contributed by atoms with E-state index in [-0.39, 0.29) is 6.61 Å². The Hall–Kier alpha value is -2.55. The minimum absolute atomic E-state index is 0.173. The molecule has 2 aromatic carbocycles. The molecule has 0 amide bonds. The number of rotatable bonds is 6. The Morgan fingerprint density at radius 1 is 1.05 bits per heavy atom. The normalized spacial score (nSPS) is 10.0. The fourth-order valence-corrected chi connectivity index (χ4v) is 1.91. The van der Waals surface area contributed by atoms with Gasteiger partial charge < -0.3 is 9.47 Å². The Balaban J connectivity index is 2.49. The molecule has 0 bridgehead atoms. The van der Waals surface area contributed by atoms with E-state index in [9.17, 15) is 4.79 Å². The molecule has 0 N–H and O–H groups in total. The first-order valence-corrected chi connectivity index (χ1v) is 6.31. The van der Waals surface area contributed by atoms with E-state index >= 15 is 0 Å². The van der Waals surface area contributed by atoms with E-state index in [1.165, 1.54) is 6.08 Å². The van der Waals surface area contributed by atoms with Gasteiger partial charge >= 0.3 is 5.97 Å². The second-order valence-corrected chi connectivity index (χ2v) is 4.15. The fraction of sp³-hybridized carbons (Fsp3) is 0.118. The molecule has 3 nitrogen and oxygen atoms in total. The van der Waals surface area contributed by atoms with Crippen molar-refractivity contribution >= 4 is 16.7 Å². The van der Waals surface area contributed by atoms with Crippen molar-refractivity contribution in [2.45, 2.75) is 0 Å². The molecule has 0 saturated heterocycles. The van der Waals surface area contributed by atoms with Gasteiger partial charge in [-0.05, 0) is 11.5 Å². The number of carbonyl (C=O) groups excluding carboxylic acids is 1. The van der Waals surface area contributed by atoms with E-state index in [0.29, 0.717) is 17.9 Å². The lowest BCUT2D eigenvalue weighted by molar-refractivity contribution is 0.0546. The minimum atomic E-state index is -0.422. The Labute approximate surface area is 118 Å². The quantitative estimate of drug-likeness (QED) is 0.591. The summed E-state index contributed by atoms with van der Waals surface area (Å²) in [6, 6.07) is 11.3. The van der Waals surface area contributed by atoms with Gasteiger partial charge in [0.05, 0.1) is 0 Å². The van der Waals surface area contributed by atoms with Crippen LogP contribution in [0.1, 0.15) is 10.4 Å². The number of benzene rings is 2. The van der Waals surface area contributed by atoms with Crippen LogP contribution in [0, 0.1) is 0 Å². The van der Waals surface area contributed by atoms with Crippen molar-refractivity contribution < 1.29 is 14.3 Å². The number of fused-ring (bicyclic) bond motifs is 1. The highest BCUT2D eigenvalue weighted by Gasteiger charge is 2.16. The molecule has 0 heterocycles. The van der Waals surface area contributed by atoms with Crippen LogP contribution >= 0.6 is 0 Å². The molecule has 3 heteroatoms. The van der Waals surface area contributed by atoms with E-state index in [1.807, 2.05) is 30.3 Å². The molecule has 0 saturated carbocycles. The number of carbonyl (C=O) groups is 1. The predicted octanol–water partition coefficient (Wildman–Crippen LogP) is 3.75. The van der Waals surface area contributed by atoms with Gasteiger partial charge in [-0.2, -0.15) is 0 Å². The van der Waals surface area contributed by atoms with Crippen LogP contribution in [-0.4, -0.2) is 19.2 Å². The summed E-state index contributed by atoms with van der Waals surface area (Å²) in [7, 11) is 0. The van der Waals surface area contributed by atoms with Crippen LogP contribution in [0.25, 0.3) is 10.8 Å². The van der Waals surface area contributed by atoms with Crippen molar-refractivity contribution in [3.63, 3.8) is 0 Å². The smallest absolute Gasteiger partial charge is 0.342 e. The fourth-order valence-electron chi connectivity index (χ4n) is 1.91. The van der Waals surface area contributed by atoms with Crippen LogP contribution in [0.5, 0.6) is 5.75 Å². The maximum Gasteiger partial charge on any atom is 0.342 e. The van der Waals surface area contributed by atoms with Gasteiger partial charge in [-0.15, -0.1) is 0 Å². The molecular formula is C17H16O3. The molecule has 0 atom stereocenters. The maximum atomic E-state index is 12.1. The molecule has 0 fully saturated rings. The van der Waals surface area contributed by atoms with Crippen molar-refractivity contribution in [1.82, 2.24) is 0 Å². The summed E-state index contributed by atoms with van der Waals surface area (Å²) < 4.78 is 10.7. The summed E-state index contributed by atoms with van der Waals surface area (Å²) in [5, 5.41) is 1.88. The number of hydrogen-bond acceptors (Lipinski definition) is 3. The van der Waals surface area contributed by atoms with E-state index in [1.54, 1.807) is 12.1 Å². The molecule has 20 heavy (non-hydrogen) atoms. The van der Waals surface area contributed by atoms with E-state index < -0.39 is 5.97 Å². The Morgan fingerprint density at radius 2 is 1.80 bits per heavy atom. The average Bonchev–Trinajstić information content (AvgIpc) is 2.50. The van der Waals surface area contributed by atoms with E-state index in [4.69, 9.17) is 9.47 Å². The zero-order chi connectivity index (χ0) is 14.4. The third kappa shape index (κ3) is 2.88. The highest BCUT2D eigenvalue weighted by molar-refractivity contribution is 6.01. The molecule has 2 aromatic rings. The van der Waals surface area contributed by atoms with E-state index in [0.717, 1.165) is 10.8 Å². The Morgan fingerprint density at radius 3 is 2.55 bits per heavy atom. The molecule has 0 aliphatic rings. The summed E-state index contributed by atoms with van der Waals surface area (Å²) in [5.74, 6) is 0.103. The number of esters is 1. The van der Waals surface area contributed by atoms with Crippen LogP contribution in [0.3, 0.4) is 0 Å². The van der Waals surface area contributed by atoms with Crippen LogP contribution in [-0.2, 0) is 4.74 Å².